The van der Waals surface area contributed by atoms with Crippen LogP contribution in [0.3, 0.4) is 0 Å². The van der Waals surface area contributed by atoms with Gasteiger partial charge in [-0.05, 0) is 34.4 Å². The zero-order valence-corrected chi connectivity index (χ0v) is 20.1. The Kier molecular flexibility index (Phi) is 6.39. The molecule has 0 radical (unpaired) electrons. The van der Waals surface area contributed by atoms with Crippen molar-refractivity contribution in [1.82, 2.24) is 9.13 Å². The van der Waals surface area contributed by atoms with Crippen molar-refractivity contribution in [3.05, 3.63) is 73.7 Å². The maximum atomic E-state index is 13.2. The van der Waals surface area contributed by atoms with E-state index in [2.05, 4.69) is 63.2 Å². The average Bonchev–Trinajstić information content (AvgIpc) is 3.11. The predicted octanol–water partition coefficient (Wildman–Crippen LogP) is 5.66. The third-order valence-corrected chi connectivity index (χ3v) is 8.12. The molecule has 0 atom stereocenters. The minimum atomic E-state index is -0.226. The molecule has 4 nitrogen and oxygen atoms in total. The molecule has 0 aliphatic carbocycles. The lowest BCUT2D eigenvalue weighted by Crippen LogP contribution is -2.38. The van der Waals surface area contributed by atoms with Crippen molar-refractivity contribution in [1.29, 1.82) is 0 Å². The van der Waals surface area contributed by atoms with Crippen LogP contribution in [0, 0.1) is 5.92 Å². The fraction of sp³-hybridized carbons (Fsp3) is 0.360. The minimum absolute atomic E-state index is 0.181. The predicted molar refractivity (Wildman–Crippen MR) is 134 cm³/mol. The van der Waals surface area contributed by atoms with Gasteiger partial charge in [0.05, 0.1) is 5.39 Å². The summed E-state index contributed by atoms with van der Waals surface area (Å²) in [6.45, 7) is 6.95. The highest BCUT2D eigenvalue weighted by Gasteiger charge is 2.22. The molecule has 2 aromatic heterocycles. The number of rotatable bonds is 7. The van der Waals surface area contributed by atoms with Crippen LogP contribution in [0.15, 0.2) is 56.9 Å². The molecule has 0 spiro atoms. The van der Waals surface area contributed by atoms with Gasteiger partial charge in [-0.15, -0.1) is 23.1 Å². The standard InChI is InChI=1S/C25H28N2O2S2/c1-5-13-30-22-20(14-18-11-8-10-17-9-6-7-12-19(17)18)31-24-21(22)23(28)26(4)25(29)27(24)15-16(2)3/h6-12,16H,5,13-15H2,1-4H3. The molecule has 0 saturated heterocycles. The number of fused-ring (bicyclic) bond motifs is 2. The van der Waals surface area contributed by atoms with Crippen molar-refractivity contribution in [3.8, 4) is 0 Å². The molecule has 0 fully saturated rings. The van der Waals surface area contributed by atoms with Gasteiger partial charge >= 0.3 is 5.69 Å². The number of hydrogen-bond donors (Lipinski definition) is 0. The summed E-state index contributed by atoms with van der Waals surface area (Å²) in [5, 5.41) is 3.17. The van der Waals surface area contributed by atoms with E-state index in [4.69, 9.17) is 0 Å². The molecule has 0 aliphatic heterocycles. The molecule has 0 unspecified atom stereocenters. The summed E-state index contributed by atoms with van der Waals surface area (Å²) >= 11 is 3.36. The van der Waals surface area contributed by atoms with Crippen LogP contribution >= 0.6 is 23.1 Å². The van der Waals surface area contributed by atoms with E-state index in [1.807, 2.05) is 0 Å². The summed E-state index contributed by atoms with van der Waals surface area (Å²) in [6, 6.07) is 14.8. The van der Waals surface area contributed by atoms with Gasteiger partial charge in [-0.1, -0.05) is 63.2 Å². The van der Waals surface area contributed by atoms with Crippen molar-refractivity contribution >= 4 is 44.1 Å². The van der Waals surface area contributed by atoms with Gasteiger partial charge in [0.15, 0.2) is 0 Å². The first-order chi connectivity index (χ1) is 14.9. The Morgan fingerprint density at radius 3 is 2.55 bits per heavy atom. The van der Waals surface area contributed by atoms with Crippen LogP contribution in [0.1, 0.15) is 37.6 Å². The Bertz CT molecular complexity index is 1360. The third-order valence-electron chi connectivity index (χ3n) is 5.42. The molecular weight excluding hydrogens is 424 g/mol. The average molecular weight is 453 g/mol. The van der Waals surface area contributed by atoms with E-state index in [1.165, 1.54) is 25.8 Å². The lowest BCUT2D eigenvalue weighted by atomic mass is 10.0. The normalized spacial score (nSPS) is 11.8. The van der Waals surface area contributed by atoms with Crippen molar-refractivity contribution in [2.24, 2.45) is 13.0 Å². The lowest BCUT2D eigenvalue weighted by Gasteiger charge is -2.11. The molecule has 162 valence electrons. The molecule has 0 aliphatic rings. The Labute approximate surface area is 190 Å². The van der Waals surface area contributed by atoms with Crippen molar-refractivity contribution in [3.63, 3.8) is 0 Å². The van der Waals surface area contributed by atoms with Crippen molar-refractivity contribution in [2.75, 3.05) is 5.75 Å². The van der Waals surface area contributed by atoms with Crippen LogP contribution in [0.25, 0.3) is 21.0 Å². The van der Waals surface area contributed by atoms with E-state index >= 15 is 0 Å². The van der Waals surface area contributed by atoms with E-state index in [0.717, 1.165) is 28.3 Å². The quantitative estimate of drug-likeness (QED) is 0.340. The fourth-order valence-electron chi connectivity index (χ4n) is 3.97. The van der Waals surface area contributed by atoms with Crippen LogP contribution < -0.4 is 11.2 Å². The molecule has 0 amide bonds. The Balaban J connectivity index is 1.97. The number of aromatic nitrogens is 2. The Morgan fingerprint density at radius 2 is 1.81 bits per heavy atom. The summed E-state index contributed by atoms with van der Waals surface area (Å²) < 4.78 is 3.07. The first-order valence-electron chi connectivity index (χ1n) is 10.8. The molecule has 4 aromatic rings. The van der Waals surface area contributed by atoms with E-state index in [1.54, 1.807) is 34.7 Å². The molecule has 2 heterocycles. The van der Waals surface area contributed by atoms with Gasteiger partial charge in [-0.2, -0.15) is 0 Å². The largest absolute Gasteiger partial charge is 0.331 e. The molecule has 4 rings (SSSR count). The number of hydrogen-bond acceptors (Lipinski definition) is 4. The first-order valence-corrected chi connectivity index (χ1v) is 12.6. The van der Waals surface area contributed by atoms with E-state index in [-0.39, 0.29) is 11.2 Å². The summed E-state index contributed by atoms with van der Waals surface area (Å²) in [5.74, 6) is 1.26. The molecule has 0 saturated carbocycles. The summed E-state index contributed by atoms with van der Waals surface area (Å²) in [5.41, 5.74) is 0.841. The van der Waals surface area contributed by atoms with Gasteiger partial charge in [0.25, 0.3) is 5.56 Å². The monoisotopic (exact) mass is 452 g/mol. The summed E-state index contributed by atoms with van der Waals surface area (Å²) in [7, 11) is 1.59. The Morgan fingerprint density at radius 1 is 1.06 bits per heavy atom. The third kappa shape index (κ3) is 4.11. The van der Waals surface area contributed by atoms with Gasteiger partial charge < -0.3 is 0 Å². The number of nitrogens with zero attached hydrogens (tertiary/aromatic N) is 2. The SMILES string of the molecule is CCCSc1c(Cc2cccc3ccccc23)sc2c1c(=O)n(C)c(=O)n2CC(C)C. The maximum absolute atomic E-state index is 13.2. The van der Waals surface area contributed by atoms with Crippen LogP contribution in [0.5, 0.6) is 0 Å². The van der Waals surface area contributed by atoms with Gasteiger partial charge in [0.1, 0.15) is 4.83 Å². The molecule has 6 heteroatoms. The highest BCUT2D eigenvalue weighted by Crippen LogP contribution is 2.38. The van der Waals surface area contributed by atoms with Crippen LogP contribution in [-0.4, -0.2) is 14.9 Å². The number of thiophene rings is 1. The Hall–Kier alpha value is -2.31. The fourth-order valence-corrected chi connectivity index (χ4v) is 6.52. The second kappa shape index (κ2) is 9.05. The topological polar surface area (TPSA) is 44.0 Å². The molecule has 2 aromatic carbocycles. The maximum Gasteiger partial charge on any atom is 0.331 e. The molecule has 31 heavy (non-hydrogen) atoms. The van der Waals surface area contributed by atoms with E-state index in [0.29, 0.717) is 17.8 Å². The van der Waals surface area contributed by atoms with E-state index in [9.17, 15) is 9.59 Å². The molecule has 0 N–H and O–H groups in total. The number of benzene rings is 2. The smallest absolute Gasteiger partial charge is 0.284 e. The first kappa shape index (κ1) is 21.9. The summed E-state index contributed by atoms with van der Waals surface area (Å²) in [4.78, 5) is 29.2. The van der Waals surface area contributed by atoms with Crippen molar-refractivity contribution < 1.29 is 0 Å². The second-order valence-electron chi connectivity index (χ2n) is 8.35. The highest BCUT2D eigenvalue weighted by molar-refractivity contribution is 7.99. The van der Waals surface area contributed by atoms with Crippen LogP contribution in [0.4, 0.5) is 0 Å². The van der Waals surface area contributed by atoms with Gasteiger partial charge in [0.2, 0.25) is 0 Å². The molecular formula is C25H28N2O2S2. The second-order valence-corrected chi connectivity index (χ2v) is 10.5. The minimum Gasteiger partial charge on any atom is -0.284 e. The van der Waals surface area contributed by atoms with Crippen molar-refractivity contribution in [2.45, 2.75) is 45.1 Å². The van der Waals surface area contributed by atoms with Gasteiger partial charge in [0, 0.05) is 29.8 Å². The van der Waals surface area contributed by atoms with Gasteiger partial charge in [-0.3, -0.25) is 13.9 Å². The van der Waals surface area contributed by atoms with E-state index < -0.39 is 0 Å². The zero-order valence-electron chi connectivity index (χ0n) is 18.5. The molecule has 0 bridgehead atoms. The number of thioether (sulfide) groups is 1. The van der Waals surface area contributed by atoms with Gasteiger partial charge in [-0.25, -0.2) is 4.79 Å². The summed E-state index contributed by atoms with van der Waals surface area (Å²) in [6.07, 6.45) is 1.79. The van der Waals surface area contributed by atoms with Crippen LogP contribution in [-0.2, 0) is 20.0 Å². The lowest BCUT2D eigenvalue weighted by molar-refractivity contribution is 0.504. The van der Waals surface area contributed by atoms with Crippen LogP contribution in [0.2, 0.25) is 0 Å². The highest BCUT2D eigenvalue weighted by atomic mass is 32.2. The zero-order chi connectivity index (χ0) is 22.1.